The van der Waals surface area contributed by atoms with Gasteiger partial charge in [0.15, 0.2) is 0 Å². The number of nitrogens with zero attached hydrogens (tertiary/aromatic N) is 1. The monoisotopic (exact) mass is 422 g/mol. The molecule has 1 saturated heterocycles. The molecule has 4 aliphatic carbocycles. The molecule has 5 fully saturated rings. The third-order valence-electron chi connectivity index (χ3n) is 9.23. The zero-order valence-corrected chi connectivity index (χ0v) is 19.4. The second kappa shape index (κ2) is 7.94. The summed E-state index contributed by atoms with van der Waals surface area (Å²) in [5, 5.41) is 3.40. The number of benzene rings is 1. The highest BCUT2D eigenvalue weighted by molar-refractivity contribution is 6.01. The van der Waals surface area contributed by atoms with Crippen LogP contribution in [0.3, 0.4) is 0 Å². The first-order chi connectivity index (χ1) is 14.9. The van der Waals surface area contributed by atoms with E-state index >= 15 is 0 Å². The molecule has 4 heteroatoms. The number of hydrogen-bond acceptors (Lipinski definition) is 2. The fraction of sp³-hybridized carbons (Fsp3) is 0.704. The van der Waals surface area contributed by atoms with Gasteiger partial charge in [0.05, 0.1) is 5.92 Å². The average molecular weight is 423 g/mol. The van der Waals surface area contributed by atoms with Crippen molar-refractivity contribution in [3.05, 3.63) is 29.8 Å². The normalized spacial score (nSPS) is 36.0. The van der Waals surface area contributed by atoms with Crippen LogP contribution >= 0.6 is 0 Å². The van der Waals surface area contributed by atoms with E-state index in [1.165, 1.54) is 44.1 Å². The number of nitrogens with one attached hydrogen (secondary N) is 1. The topological polar surface area (TPSA) is 49.4 Å². The fourth-order valence-electron chi connectivity index (χ4n) is 7.68. The largest absolute Gasteiger partial charge is 0.353 e. The SMILES string of the molecule is CC[C@H](C)c1ccccc1N1C[C@H](C(=O)N[C@@H](C)C23CC4CC(CC(C4)C2)C3)CC1=O. The van der Waals surface area contributed by atoms with Crippen LogP contribution in [0.5, 0.6) is 0 Å². The molecule has 4 nitrogen and oxygen atoms in total. The van der Waals surface area contributed by atoms with E-state index in [0.29, 0.717) is 24.3 Å². The van der Waals surface area contributed by atoms with E-state index in [1.54, 1.807) is 0 Å². The Hall–Kier alpha value is -1.84. The summed E-state index contributed by atoms with van der Waals surface area (Å²) in [7, 11) is 0. The van der Waals surface area contributed by atoms with Gasteiger partial charge in [0.2, 0.25) is 11.8 Å². The van der Waals surface area contributed by atoms with E-state index in [9.17, 15) is 9.59 Å². The van der Waals surface area contributed by atoms with Crippen LogP contribution in [0.2, 0.25) is 0 Å². The first-order valence-corrected chi connectivity index (χ1v) is 12.6. The van der Waals surface area contributed by atoms with E-state index in [-0.39, 0.29) is 23.8 Å². The van der Waals surface area contributed by atoms with Crippen molar-refractivity contribution in [2.24, 2.45) is 29.1 Å². The Bertz CT molecular complexity index is 827. The highest BCUT2D eigenvalue weighted by atomic mass is 16.2. The van der Waals surface area contributed by atoms with Gasteiger partial charge in [-0.3, -0.25) is 9.59 Å². The molecule has 2 amide bonds. The maximum absolute atomic E-state index is 13.3. The molecule has 1 aromatic carbocycles. The molecule has 6 rings (SSSR count). The Morgan fingerprint density at radius 3 is 2.32 bits per heavy atom. The Morgan fingerprint density at radius 2 is 1.71 bits per heavy atom. The maximum Gasteiger partial charge on any atom is 0.227 e. The summed E-state index contributed by atoms with van der Waals surface area (Å²) < 4.78 is 0. The highest BCUT2D eigenvalue weighted by Gasteiger charge is 2.53. The van der Waals surface area contributed by atoms with Gasteiger partial charge in [0.25, 0.3) is 0 Å². The number of anilines is 1. The van der Waals surface area contributed by atoms with Gasteiger partial charge in [-0.05, 0) is 92.6 Å². The molecule has 0 unspecified atom stereocenters. The molecule has 5 aliphatic rings. The summed E-state index contributed by atoms with van der Waals surface area (Å²) in [4.78, 5) is 28.0. The van der Waals surface area contributed by atoms with E-state index in [1.807, 2.05) is 23.1 Å². The third-order valence-corrected chi connectivity index (χ3v) is 9.23. The Balaban J connectivity index is 1.27. The number of amides is 2. The predicted octanol–water partition coefficient (Wildman–Crippen LogP) is 5.27. The Morgan fingerprint density at radius 1 is 1.10 bits per heavy atom. The van der Waals surface area contributed by atoms with Gasteiger partial charge in [0.1, 0.15) is 0 Å². The number of para-hydroxylation sites is 1. The minimum atomic E-state index is -0.242. The zero-order valence-electron chi connectivity index (χ0n) is 19.4. The Kier molecular flexibility index (Phi) is 5.38. The van der Waals surface area contributed by atoms with Crippen molar-refractivity contribution in [2.45, 2.75) is 84.1 Å². The average Bonchev–Trinajstić information content (AvgIpc) is 3.14. The van der Waals surface area contributed by atoms with Crippen LogP contribution in [0.4, 0.5) is 5.69 Å². The Labute approximate surface area is 187 Å². The summed E-state index contributed by atoms with van der Waals surface area (Å²) in [6.07, 6.45) is 9.49. The minimum absolute atomic E-state index is 0.0818. The summed E-state index contributed by atoms with van der Waals surface area (Å²) >= 11 is 0. The lowest BCUT2D eigenvalue weighted by atomic mass is 9.48. The standard InChI is InChI=1S/C27H38N2O2/c1-4-17(2)23-7-5-6-8-24(23)29-16-22(12-25(29)30)26(31)28-18(3)27-13-19-9-20(14-27)11-21(10-19)15-27/h5-8,17-22H,4,9-16H2,1-3H3,(H,28,31)/t17-,18-,19?,20?,21?,22+,27?/m0/s1. The fourth-order valence-corrected chi connectivity index (χ4v) is 7.68. The third kappa shape index (κ3) is 3.70. The molecular formula is C27H38N2O2. The van der Waals surface area contributed by atoms with E-state index in [4.69, 9.17) is 0 Å². The van der Waals surface area contributed by atoms with Crippen molar-refractivity contribution < 1.29 is 9.59 Å². The predicted molar refractivity (Wildman–Crippen MR) is 124 cm³/mol. The lowest BCUT2D eigenvalue weighted by Crippen LogP contribution is -2.56. The van der Waals surface area contributed by atoms with Crippen LogP contribution in [0.1, 0.15) is 83.6 Å². The molecule has 3 atom stereocenters. The van der Waals surface area contributed by atoms with Gasteiger partial charge >= 0.3 is 0 Å². The van der Waals surface area contributed by atoms with Crippen molar-refractivity contribution in [1.82, 2.24) is 5.32 Å². The molecule has 4 saturated carbocycles. The molecule has 1 N–H and O–H groups in total. The number of rotatable bonds is 6. The molecule has 0 radical (unpaired) electrons. The summed E-state index contributed by atoms with van der Waals surface area (Å²) in [6.45, 7) is 7.12. The lowest BCUT2D eigenvalue weighted by molar-refractivity contribution is -0.130. The molecule has 1 aromatic rings. The van der Waals surface area contributed by atoms with Crippen LogP contribution in [0.25, 0.3) is 0 Å². The molecule has 0 spiro atoms. The quantitative estimate of drug-likeness (QED) is 0.678. The minimum Gasteiger partial charge on any atom is -0.353 e. The summed E-state index contributed by atoms with van der Waals surface area (Å²) in [5.41, 5.74) is 2.50. The first kappa shape index (κ1) is 21.0. The van der Waals surface area contributed by atoms with Crippen LogP contribution in [0, 0.1) is 29.1 Å². The molecule has 4 bridgehead atoms. The smallest absolute Gasteiger partial charge is 0.227 e. The zero-order chi connectivity index (χ0) is 21.8. The van der Waals surface area contributed by atoms with Crippen molar-refractivity contribution in [1.29, 1.82) is 0 Å². The number of carbonyl (C=O) groups excluding carboxylic acids is 2. The number of carbonyl (C=O) groups is 2. The van der Waals surface area contributed by atoms with Crippen molar-refractivity contribution in [3.63, 3.8) is 0 Å². The summed E-state index contributed by atoms with van der Waals surface area (Å²) in [6, 6.07) is 8.42. The van der Waals surface area contributed by atoms with Gasteiger partial charge in [-0.1, -0.05) is 32.0 Å². The van der Waals surface area contributed by atoms with Gasteiger partial charge in [-0.25, -0.2) is 0 Å². The van der Waals surface area contributed by atoms with Gasteiger partial charge < -0.3 is 10.2 Å². The van der Waals surface area contributed by atoms with E-state index < -0.39 is 0 Å². The molecule has 0 aromatic heterocycles. The molecule has 1 heterocycles. The molecule has 168 valence electrons. The van der Waals surface area contributed by atoms with Crippen molar-refractivity contribution in [3.8, 4) is 0 Å². The highest BCUT2D eigenvalue weighted by Crippen LogP contribution is 2.61. The van der Waals surface area contributed by atoms with Gasteiger partial charge in [-0.15, -0.1) is 0 Å². The molecule has 31 heavy (non-hydrogen) atoms. The van der Waals surface area contributed by atoms with Crippen molar-refractivity contribution >= 4 is 17.5 Å². The summed E-state index contributed by atoms with van der Waals surface area (Å²) in [5.74, 6) is 2.96. The van der Waals surface area contributed by atoms with Gasteiger partial charge in [0, 0.05) is 24.7 Å². The molecule has 1 aliphatic heterocycles. The van der Waals surface area contributed by atoms with Crippen LogP contribution < -0.4 is 10.2 Å². The van der Waals surface area contributed by atoms with Crippen LogP contribution in [-0.2, 0) is 9.59 Å². The first-order valence-electron chi connectivity index (χ1n) is 12.6. The van der Waals surface area contributed by atoms with E-state index in [2.05, 4.69) is 32.2 Å². The maximum atomic E-state index is 13.3. The van der Waals surface area contributed by atoms with E-state index in [0.717, 1.165) is 29.9 Å². The molecular weight excluding hydrogens is 384 g/mol. The van der Waals surface area contributed by atoms with Gasteiger partial charge in [-0.2, -0.15) is 0 Å². The van der Waals surface area contributed by atoms with Crippen molar-refractivity contribution in [2.75, 3.05) is 11.4 Å². The van der Waals surface area contributed by atoms with Crippen LogP contribution in [0.15, 0.2) is 24.3 Å². The second-order valence-corrected chi connectivity index (χ2v) is 11.3. The van der Waals surface area contributed by atoms with Crippen LogP contribution in [-0.4, -0.2) is 24.4 Å². The lowest BCUT2D eigenvalue weighted by Gasteiger charge is -2.59. The number of hydrogen-bond donors (Lipinski definition) is 1. The second-order valence-electron chi connectivity index (χ2n) is 11.3.